The van der Waals surface area contributed by atoms with Crippen molar-refractivity contribution in [3.05, 3.63) is 16.5 Å². The van der Waals surface area contributed by atoms with Crippen LogP contribution in [0.25, 0.3) is 10.7 Å². The molecule has 2 aromatic heterocycles. The van der Waals surface area contributed by atoms with Gasteiger partial charge in [-0.1, -0.05) is 25.1 Å². The molecule has 116 valence electrons. The number of hydrogen-bond donors (Lipinski definition) is 0. The Morgan fingerprint density at radius 2 is 2.36 bits per heavy atom. The summed E-state index contributed by atoms with van der Waals surface area (Å²) >= 11 is 3.47. The Kier molecular flexibility index (Phi) is 4.84. The van der Waals surface area contributed by atoms with Crippen molar-refractivity contribution in [1.82, 2.24) is 14.8 Å². The number of thioether (sulfide) groups is 1. The molecule has 0 N–H and O–H groups in total. The van der Waals surface area contributed by atoms with Crippen molar-refractivity contribution in [2.75, 3.05) is 5.75 Å². The smallest absolute Gasteiger partial charge is 0.191 e. The summed E-state index contributed by atoms with van der Waals surface area (Å²) in [6, 6.07) is 4.48. The third kappa shape index (κ3) is 3.06. The van der Waals surface area contributed by atoms with Gasteiger partial charge in [-0.25, -0.2) is 0 Å². The predicted molar refractivity (Wildman–Crippen MR) is 91.1 cm³/mol. The summed E-state index contributed by atoms with van der Waals surface area (Å²) in [5.41, 5.74) is 1.51. The molecule has 0 aromatic carbocycles. The molecule has 0 unspecified atom stereocenters. The van der Waals surface area contributed by atoms with Crippen LogP contribution in [0.2, 0.25) is 0 Å². The van der Waals surface area contributed by atoms with Gasteiger partial charge in [-0.15, -0.1) is 21.5 Å². The second-order valence-electron chi connectivity index (χ2n) is 5.70. The molecule has 0 saturated heterocycles. The van der Waals surface area contributed by atoms with Crippen LogP contribution in [0.3, 0.4) is 0 Å². The summed E-state index contributed by atoms with van der Waals surface area (Å²) in [6.07, 6.45) is 5.55. The highest BCUT2D eigenvalue weighted by Gasteiger charge is 2.22. The fraction of sp³-hybridized carbons (Fsp3) is 0.562. The number of nitrogens with zero attached hydrogens (tertiary/aromatic N) is 4. The lowest BCUT2D eigenvalue weighted by molar-refractivity contribution is 0.449. The van der Waals surface area contributed by atoms with Gasteiger partial charge in [0.05, 0.1) is 10.9 Å². The molecule has 1 aliphatic rings. The van der Waals surface area contributed by atoms with E-state index in [1.165, 1.54) is 41.0 Å². The predicted octanol–water partition coefficient (Wildman–Crippen LogP) is 4.06. The second kappa shape index (κ2) is 6.84. The second-order valence-corrected chi connectivity index (χ2v) is 7.90. The monoisotopic (exact) mass is 332 g/mol. The summed E-state index contributed by atoms with van der Waals surface area (Å²) in [7, 11) is 2.01. The van der Waals surface area contributed by atoms with Gasteiger partial charge in [-0.2, -0.15) is 5.26 Å². The molecule has 2 aromatic rings. The highest BCUT2D eigenvalue weighted by molar-refractivity contribution is 7.99. The normalized spacial score (nSPS) is 17.2. The minimum absolute atomic E-state index is 0.540. The van der Waals surface area contributed by atoms with Gasteiger partial charge < -0.3 is 4.57 Å². The van der Waals surface area contributed by atoms with Crippen LogP contribution in [0.1, 0.15) is 36.6 Å². The van der Waals surface area contributed by atoms with Crippen molar-refractivity contribution in [1.29, 1.82) is 5.26 Å². The van der Waals surface area contributed by atoms with Crippen LogP contribution in [-0.2, 0) is 19.9 Å². The molecule has 0 bridgehead atoms. The summed E-state index contributed by atoms with van der Waals surface area (Å²) < 4.78 is 2.05. The van der Waals surface area contributed by atoms with Crippen LogP contribution in [0.15, 0.2) is 11.2 Å². The number of aryl methyl sites for hydroxylation is 1. The van der Waals surface area contributed by atoms with E-state index in [1.807, 2.05) is 18.4 Å². The van der Waals surface area contributed by atoms with Crippen molar-refractivity contribution in [2.24, 2.45) is 13.0 Å². The molecule has 0 radical (unpaired) electrons. The molecule has 0 fully saturated rings. The van der Waals surface area contributed by atoms with Crippen LogP contribution in [-0.4, -0.2) is 20.5 Å². The summed E-state index contributed by atoms with van der Waals surface area (Å²) in [5, 5.41) is 18.2. The van der Waals surface area contributed by atoms with Crippen LogP contribution >= 0.6 is 23.1 Å². The van der Waals surface area contributed by atoms with Crippen molar-refractivity contribution < 1.29 is 0 Å². The number of rotatable bonds is 5. The largest absolute Gasteiger partial charge is 0.305 e. The molecule has 0 aliphatic heterocycles. The molecule has 4 nitrogen and oxygen atoms in total. The van der Waals surface area contributed by atoms with Crippen molar-refractivity contribution in [3.63, 3.8) is 0 Å². The van der Waals surface area contributed by atoms with Gasteiger partial charge >= 0.3 is 0 Å². The molecule has 3 rings (SSSR count). The van der Waals surface area contributed by atoms with E-state index in [-0.39, 0.29) is 0 Å². The number of thiophene rings is 1. The Hall–Kier alpha value is -1.32. The van der Waals surface area contributed by atoms with Gasteiger partial charge in [0.25, 0.3) is 0 Å². The first-order valence-electron chi connectivity index (χ1n) is 7.74. The van der Waals surface area contributed by atoms with E-state index >= 15 is 0 Å². The quantitative estimate of drug-likeness (QED) is 0.612. The summed E-state index contributed by atoms with van der Waals surface area (Å²) in [6.45, 7) is 2.29. The van der Waals surface area contributed by atoms with Gasteiger partial charge in [-0.05, 0) is 36.8 Å². The highest BCUT2D eigenvalue weighted by Crippen LogP contribution is 2.37. The average Bonchev–Trinajstić information content (AvgIpc) is 3.10. The minimum Gasteiger partial charge on any atom is -0.305 e. The van der Waals surface area contributed by atoms with E-state index in [2.05, 4.69) is 33.8 Å². The van der Waals surface area contributed by atoms with Gasteiger partial charge in [0, 0.05) is 24.1 Å². The van der Waals surface area contributed by atoms with E-state index in [1.54, 1.807) is 11.8 Å². The Labute approximate surface area is 139 Å². The van der Waals surface area contributed by atoms with E-state index in [0.29, 0.717) is 6.42 Å². The lowest BCUT2D eigenvalue weighted by atomic mass is 9.87. The first-order valence-corrected chi connectivity index (χ1v) is 9.54. The fourth-order valence-corrected chi connectivity index (χ4v) is 4.88. The molecule has 6 heteroatoms. The van der Waals surface area contributed by atoms with Crippen LogP contribution in [0, 0.1) is 17.2 Å². The summed E-state index contributed by atoms with van der Waals surface area (Å²) in [4.78, 5) is 2.75. The Morgan fingerprint density at radius 1 is 1.50 bits per heavy atom. The standard InChI is InChI=1S/C16H20N4S2/c1-3-11-5-6-13-12(9-11)10-14(22-13)15-18-19-16(20(15)2)21-8-4-7-17/h10-11H,3-6,8-9H2,1-2H3/t11-/m1/s1. The van der Waals surface area contributed by atoms with Crippen molar-refractivity contribution in [2.45, 2.75) is 44.2 Å². The van der Waals surface area contributed by atoms with Gasteiger partial charge in [0.1, 0.15) is 0 Å². The molecule has 0 amide bonds. The van der Waals surface area contributed by atoms with E-state index in [9.17, 15) is 0 Å². The van der Waals surface area contributed by atoms with E-state index < -0.39 is 0 Å². The summed E-state index contributed by atoms with van der Waals surface area (Å²) in [5.74, 6) is 2.56. The van der Waals surface area contributed by atoms with Crippen molar-refractivity contribution in [3.8, 4) is 16.8 Å². The number of fused-ring (bicyclic) bond motifs is 1. The fourth-order valence-electron chi connectivity index (χ4n) is 2.90. The molecule has 0 saturated carbocycles. The molecular weight excluding hydrogens is 312 g/mol. The topological polar surface area (TPSA) is 54.5 Å². The Balaban J connectivity index is 1.81. The average molecular weight is 332 g/mol. The third-order valence-corrected chi connectivity index (χ3v) is 6.52. The zero-order chi connectivity index (χ0) is 15.5. The molecule has 1 atom stereocenters. The van der Waals surface area contributed by atoms with Crippen LogP contribution < -0.4 is 0 Å². The van der Waals surface area contributed by atoms with Gasteiger partial charge in [-0.3, -0.25) is 0 Å². The van der Waals surface area contributed by atoms with E-state index in [0.717, 1.165) is 22.7 Å². The van der Waals surface area contributed by atoms with Crippen molar-refractivity contribution >= 4 is 23.1 Å². The molecule has 0 spiro atoms. The number of hydrogen-bond acceptors (Lipinski definition) is 5. The van der Waals surface area contributed by atoms with Gasteiger partial charge in [0.15, 0.2) is 11.0 Å². The van der Waals surface area contributed by atoms with Crippen LogP contribution in [0.5, 0.6) is 0 Å². The Morgan fingerprint density at radius 3 is 3.14 bits per heavy atom. The molecule has 1 aliphatic carbocycles. The first-order chi connectivity index (χ1) is 10.7. The lowest BCUT2D eigenvalue weighted by Gasteiger charge is -2.19. The molecule has 2 heterocycles. The molecule has 22 heavy (non-hydrogen) atoms. The minimum atomic E-state index is 0.540. The number of nitriles is 1. The Bertz CT molecular complexity index is 696. The first kappa shape index (κ1) is 15.6. The zero-order valence-electron chi connectivity index (χ0n) is 13.0. The van der Waals surface area contributed by atoms with E-state index in [4.69, 9.17) is 5.26 Å². The van der Waals surface area contributed by atoms with Gasteiger partial charge in [0.2, 0.25) is 0 Å². The SMILES string of the molecule is CC[C@@H]1CCc2sc(-c3nnc(SCCC#N)n3C)cc2C1. The maximum Gasteiger partial charge on any atom is 0.191 e. The maximum atomic E-state index is 8.63. The number of aromatic nitrogens is 3. The third-order valence-electron chi connectivity index (χ3n) is 4.26. The highest BCUT2D eigenvalue weighted by atomic mass is 32.2. The zero-order valence-corrected chi connectivity index (χ0v) is 14.6. The lowest BCUT2D eigenvalue weighted by Crippen LogP contribution is -2.10. The van der Waals surface area contributed by atoms with Crippen LogP contribution in [0.4, 0.5) is 0 Å². The molecular formula is C16H20N4S2. The maximum absolute atomic E-state index is 8.63.